The minimum atomic E-state index is -2.95. The van der Waals surface area contributed by atoms with Gasteiger partial charge in [-0.2, -0.15) is 8.78 Å². The van der Waals surface area contributed by atoms with Crippen molar-refractivity contribution >= 4 is 11.6 Å². The maximum Gasteiger partial charge on any atom is 0.388 e. The molecule has 3 rings (SSSR count). The van der Waals surface area contributed by atoms with Gasteiger partial charge in [0.05, 0.1) is 0 Å². The number of hydrogen-bond donors (Lipinski definition) is 0. The van der Waals surface area contributed by atoms with Gasteiger partial charge in [0.15, 0.2) is 0 Å². The molecule has 0 amide bonds. The van der Waals surface area contributed by atoms with Crippen molar-refractivity contribution in [2.45, 2.75) is 39.7 Å². The molecule has 0 aliphatic rings. The summed E-state index contributed by atoms with van der Waals surface area (Å²) in [7, 11) is 0. The van der Waals surface area contributed by atoms with Gasteiger partial charge in [-0.25, -0.2) is 4.98 Å². The molecule has 0 aliphatic heterocycles. The molecule has 29 heavy (non-hydrogen) atoms. The lowest BCUT2D eigenvalue weighted by atomic mass is 9.99. The van der Waals surface area contributed by atoms with Crippen LogP contribution in [0.2, 0.25) is 5.02 Å². The molecule has 6 heteroatoms. The van der Waals surface area contributed by atoms with Crippen molar-refractivity contribution in [3.8, 4) is 17.0 Å². The molecule has 0 N–H and O–H groups in total. The zero-order chi connectivity index (χ0) is 20.8. The molecule has 151 valence electrons. The Morgan fingerprint density at radius 1 is 1.03 bits per heavy atom. The summed E-state index contributed by atoms with van der Waals surface area (Å²) in [6.07, 6.45) is 7.80. The van der Waals surface area contributed by atoms with Crippen LogP contribution in [0.15, 0.2) is 55.0 Å². The van der Waals surface area contributed by atoms with Crippen molar-refractivity contribution in [2.75, 3.05) is 0 Å². The molecular formula is C23H22ClF2N2O. The summed E-state index contributed by atoms with van der Waals surface area (Å²) < 4.78 is 30.3. The zero-order valence-electron chi connectivity index (χ0n) is 16.3. The van der Waals surface area contributed by atoms with E-state index in [0.29, 0.717) is 22.6 Å². The van der Waals surface area contributed by atoms with Gasteiger partial charge < -0.3 is 4.74 Å². The molecule has 1 aromatic carbocycles. The van der Waals surface area contributed by atoms with Gasteiger partial charge in [0.25, 0.3) is 0 Å². The van der Waals surface area contributed by atoms with Gasteiger partial charge in [0.2, 0.25) is 5.88 Å². The largest absolute Gasteiger partial charge is 0.416 e. The molecule has 1 radical (unpaired) electrons. The molecule has 0 unspecified atom stereocenters. The zero-order valence-corrected chi connectivity index (χ0v) is 17.1. The predicted molar refractivity (Wildman–Crippen MR) is 111 cm³/mol. The molecule has 2 aromatic heterocycles. The second-order valence-corrected chi connectivity index (χ2v) is 7.61. The summed E-state index contributed by atoms with van der Waals surface area (Å²) in [5.74, 6) is 1.26. The van der Waals surface area contributed by atoms with Gasteiger partial charge in [-0.3, -0.25) is 4.98 Å². The standard InChI is InChI=1S/C23H22ClF2N2O/c1-15(2)6-7-16-8-17(13-27-12-16)9-18-10-21(19-4-3-5-20(24)11-19)22(28-14-18)29-23(25)26/h3-5,8,10-14,23H,6-7,9H2,1-2H3. The molecule has 0 saturated heterocycles. The SMILES string of the molecule is C[C](C)CCc1cncc(Cc2cnc(OC(F)F)c(-c3cccc(Cl)c3)c2)c1. The van der Waals surface area contributed by atoms with Crippen LogP contribution in [0, 0.1) is 5.92 Å². The van der Waals surface area contributed by atoms with Crippen LogP contribution in [0.5, 0.6) is 5.88 Å². The lowest BCUT2D eigenvalue weighted by molar-refractivity contribution is -0.0524. The van der Waals surface area contributed by atoms with Crippen LogP contribution in [0.1, 0.15) is 37.0 Å². The van der Waals surface area contributed by atoms with Gasteiger partial charge in [0.1, 0.15) is 0 Å². The Balaban J connectivity index is 1.89. The Hall–Kier alpha value is -2.53. The van der Waals surface area contributed by atoms with E-state index in [9.17, 15) is 8.78 Å². The van der Waals surface area contributed by atoms with E-state index in [2.05, 4.69) is 34.6 Å². The fraction of sp³-hybridized carbons (Fsp3) is 0.261. The summed E-state index contributed by atoms with van der Waals surface area (Å²) in [6, 6.07) is 10.9. The number of pyridine rings is 2. The Bertz CT molecular complexity index is 963. The maximum atomic E-state index is 12.8. The van der Waals surface area contributed by atoms with E-state index < -0.39 is 6.61 Å². The molecule has 0 aliphatic carbocycles. The molecule has 2 heterocycles. The number of halogens is 3. The molecular weight excluding hydrogens is 394 g/mol. The number of rotatable bonds is 8. The fourth-order valence-electron chi connectivity index (χ4n) is 3.04. The van der Waals surface area contributed by atoms with Crippen molar-refractivity contribution in [1.29, 1.82) is 0 Å². The number of aromatic nitrogens is 2. The highest BCUT2D eigenvalue weighted by Gasteiger charge is 2.15. The average Bonchev–Trinajstić information content (AvgIpc) is 2.67. The Kier molecular flexibility index (Phi) is 7.15. The van der Waals surface area contributed by atoms with Crippen molar-refractivity contribution in [3.05, 3.63) is 82.6 Å². The van der Waals surface area contributed by atoms with Crippen LogP contribution < -0.4 is 4.74 Å². The number of benzene rings is 1. The van der Waals surface area contributed by atoms with Crippen molar-refractivity contribution < 1.29 is 13.5 Å². The predicted octanol–water partition coefficient (Wildman–Crippen LogP) is 6.54. The third-order valence-corrected chi connectivity index (χ3v) is 4.65. The van der Waals surface area contributed by atoms with Gasteiger partial charge in [-0.1, -0.05) is 43.6 Å². The molecule has 0 atom stereocenters. The van der Waals surface area contributed by atoms with E-state index in [1.54, 1.807) is 30.5 Å². The fourth-order valence-corrected chi connectivity index (χ4v) is 3.23. The first-order valence-electron chi connectivity index (χ1n) is 9.32. The topological polar surface area (TPSA) is 35.0 Å². The van der Waals surface area contributed by atoms with E-state index in [4.69, 9.17) is 11.6 Å². The first kappa shape index (κ1) is 21.2. The van der Waals surface area contributed by atoms with Crippen LogP contribution >= 0.6 is 11.6 Å². The molecule has 3 nitrogen and oxygen atoms in total. The number of aryl methyl sites for hydroxylation is 1. The quantitative estimate of drug-likeness (QED) is 0.419. The van der Waals surface area contributed by atoms with Crippen LogP contribution in [-0.4, -0.2) is 16.6 Å². The second-order valence-electron chi connectivity index (χ2n) is 7.17. The maximum absolute atomic E-state index is 12.8. The number of ether oxygens (including phenoxy) is 1. The Morgan fingerprint density at radius 2 is 1.79 bits per heavy atom. The van der Waals surface area contributed by atoms with Crippen LogP contribution in [0.25, 0.3) is 11.1 Å². The van der Waals surface area contributed by atoms with E-state index in [-0.39, 0.29) is 5.88 Å². The highest BCUT2D eigenvalue weighted by Crippen LogP contribution is 2.32. The van der Waals surface area contributed by atoms with Crippen molar-refractivity contribution in [3.63, 3.8) is 0 Å². The van der Waals surface area contributed by atoms with E-state index in [1.165, 1.54) is 11.5 Å². The summed E-state index contributed by atoms with van der Waals surface area (Å²) in [5, 5.41) is 0.510. The molecule has 0 bridgehead atoms. The number of hydrogen-bond acceptors (Lipinski definition) is 3. The van der Waals surface area contributed by atoms with Crippen LogP contribution in [0.4, 0.5) is 8.78 Å². The highest BCUT2D eigenvalue weighted by molar-refractivity contribution is 6.30. The molecule has 0 spiro atoms. The number of alkyl halides is 2. The lowest BCUT2D eigenvalue weighted by Gasteiger charge is -2.12. The average molecular weight is 416 g/mol. The van der Waals surface area contributed by atoms with Gasteiger partial charge >= 0.3 is 6.61 Å². The summed E-state index contributed by atoms with van der Waals surface area (Å²) in [5.41, 5.74) is 4.23. The smallest absolute Gasteiger partial charge is 0.388 e. The normalized spacial score (nSPS) is 11.3. The minimum Gasteiger partial charge on any atom is -0.416 e. The first-order valence-corrected chi connectivity index (χ1v) is 9.70. The Morgan fingerprint density at radius 3 is 2.52 bits per heavy atom. The second kappa shape index (κ2) is 9.79. The Labute approximate surface area is 174 Å². The van der Waals surface area contributed by atoms with E-state index in [0.717, 1.165) is 24.0 Å². The highest BCUT2D eigenvalue weighted by atomic mass is 35.5. The first-order chi connectivity index (χ1) is 13.9. The molecule has 0 fully saturated rings. The third kappa shape index (κ3) is 6.23. The monoisotopic (exact) mass is 415 g/mol. The molecule has 0 saturated carbocycles. The lowest BCUT2D eigenvalue weighted by Crippen LogP contribution is -2.06. The summed E-state index contributed by atoms with van der Waals surface area (Å²) in [4.78, 5) is 8.47. The van der Waals surface area contributed by atoms with E-state index >= 15 is 0 Å². The number of nitrogens with zero attached hydrogens (tertiary/aromatic N) is 2. The van der Waals surface area contributed by atoms with Crippen LogP contribution in [0.3, 0.4) is 0 Å². The van der Waals surface area contributed by atoms with Gasteiger partial charge in [-0.05, 0) is 59.2 Å². The van der Waals surface area contributed by atoms with Crippen LogP contribution in [-0.2, 0) is 12.8 Å². The van der Waals surface area contributed by atoms with E-state index in [1.807, 2.05) is 18.5 Å². The minimum absolute atomic E-state index is 0.119. The molecule has 3 aromatic rings. The van der Waals surface area contributed by atoms with Gasteiger partial charge in [0, 0.05) is 35.6 Å². The third-order valence-electron chi connectivity index (χ3n) is 4.42. The summed E-state index contributed by atoms with van der Waals surface area (Å²) in [6.45, 7) is 1.28. The van der Waals surface area contributed by atoms with Crippen molar-refractivity contribution in [2.24, 2.45) is 0 Å². The van der Waals surface area contributed by atoms with Gasteiger partial charge in [-0.15, -0.1) is 0 Å². The summed E-state index contributed by atoms with van der Waals surface area (Å²) >= 11 is 6.07. The van der Waals surface area contributed by atoms with Crippen molar-refractivity contribution in [1.82, 2.24) is 9.97 Å².